The van der Waals surface area contributed by atoms with Gasteiger partial charge in [0.1, 0.15) is 0 Å². The molecule has 0 radical (unpaired) electrons. The number of carbonyl (C=O) groups is 1. The fraction of sp³-hybridized carbons (Fsp3) is 0.412. The SMILES string of the molecule is CSCC(C)(O)CNC(=O)CCc1cnn(-c2ccccc2)c1. The average Bonchev–Trinajstić information content (AvgIpc) is 3.01. The Bertz CT molecular complexity index is 626. The summed E-state index contributed by atoms with van der Waals surface area (Å²) < 4.78 is 1.80. The van der Waals surface area contributed by atoms with Gasteiger partial charge in [0.05, 0.1) is 17.5 Å². The molecule has 1 amide bonds. The van der Waals surface area contributed by atoms with E-state index in [-0.39, 0.29) is 12.5 Å². The lowest BCUT2D eigenvalue weighted by Crippen LogP contribution is -2.42. The van der Waals surface area contributed by atoms with Crippen LogP contribution in [0.1, 0.15) is 18.9 Å². The summed E-state index contributed by atoms with van der Waals surface area (Å²) in [7, 11) is 0. The number of nitrogens with one attached hydrogen (secondary N) is 1. The van der Waals surface area contributed by atoms with E-state index in [2.05, 4.69) is 10.4 Å². The fourth-order valence-corrected chi connectivity index (χ4v) is 2.93. The van der Waals surface area contributed by atoms with Crippen molar-refractivity contribution in [2.45, 2.75) is 25.4 Å². The molecule has 2 rings (SSSR count). The van der Waals surface area contributed by atoms with Crippen LogP contribution < -0.4 is 5.32 Å². The van der Waals surface area contributed by atoms with Crippen LogP contribution in [0.25, 0.3) is 5.69 Å². The second-order valence-corrected chi connectivity index (χ2v) is 6.70. The van der Waals surface area contributed by atoms with Gasteiger partial charge in [0.15, 0.2) is 0 Å². The zero-order valence-corrected chi connectivity index (χ0v) is 14.3. The Morgan fingerprint density at radius 1 is 1.39 bits per heavy atom. The quantitative estimate of drug-likeness (QED) is 0.776. The largest absolute Gasteiger partial charge is 0.387 e. The van der Waals surface area contributed by atoms with Gasteiger partial charge < -0.3 is 10.4 Å². The van der Waals surface area contributed by atoms with Gasteiger partial charge in [-0.2, -0.15) is 16.9 Å². The standard InChI is InChI=1S/C17H23N3O2S/c1-17(22,13-23-2)12-18-16(21)9-8-14-10-19-20(11-14)15-6-4-3-5-7-15/h3-7,10-11,22H,8-9,12-13H2,1-2H3,(H,18,21). The molecule has 1 atom stereocenters. The highest BCUT2D eigenvalue weighted by Crippen LogP contribution is 2.10. The summed E-state index contributed by atoms with van der Waals surface area (Å²) in [4.78, 5) is 11.9. The van der Waals surface area contributed by atoms with Crippen molar-refractivity contribution in [3.8, 4) is 5.69 Å². The van der Waals surface area contributed by atoms with E-state index in [9.17, 15) is 9.90 Å². The van der Waals surface area contributed by atoms with E-state index in [4.69, 9.17) is 0 Å². The summed E-state index contributed by atoms with van der Waals surface area (Å²) in [5.41, 5.74) is 1.14. The van der Waals surface area contributed by atoms with Crippen molar-refractivity contribution in [2.24, 2.45) is 0 Å². The van der Waals surface area contributed by atoms with Gasteiger partial charge in [-0.15, -0.1) is 0 Å². The van der Waals surface area contributed by atoms with Crippen LogP contribution in [0.2, 0.25) is 0 Å². The number of amides is 1. The van der Waals surface area contributed by atoms with Gasteiger partial charge in [0, 0.05) is 24.9 Å². The van der Waals surface area contributed by atoms with Crippen LogP contribution in [0, 0.1) is 0 Å². The molecule has 2 N–H and O–H groups in total. The minimum atomic E-state index is -0.868. The lowest BCUT2D eigenvalue weighted by Gasteiger charge is -2.22. The van der Waals surface area contributed by atoms with E-state index in [0.717, 1.165) is 11.3 Å². The summed E-state index contributed by atoms with van der Waals surface area (Å²) in [5, 5.41) is 17.1. The first-order valence-corrected chi connectivity index (χ1v) is 8.96. The minimum absolute atomic E-state index is 0.0566. The van der Waals surface area contributed by atoms with Gasteiger partial charge in [0.2, 0.25) is 5.91 Å². The first-order valence-electron chi connectivity index (χ1n) is 7.57. The third-order valence-electron chi connectivity index (χ3n) is 3.42. The number of aliphatic hydroxyl groups is 1. The zero-order chi connectivity index (χ0) is 16.7. The van der Waals surface area contributed by atoms with E-state index < -0.39 is 5.60 Å². The molecule has 2 aromatic rings. The molecule has 0 spiro atoms. The molecule has 5 nitrogen and oxygen atoms in total. The summed E-state index contributed by atoms with van der Waals surface area (Å²) in [6.45, 7) is 2.00. The predicted octanol–water partition coefficient (Wildman–Crippen LogP) is 2.04. The van der Waals surface area contributed by atoms with Gasteiger partial charge in [-0.25, -0.2) is 4.68 Å². The van der Waals surface area contributed by atoms with Gasteiger partial charge in [-0.05, 0) is 37.3 Å². The average molecular weight is 333 g/mol. The Kier molecular flexibility index (Phi) is 6.24. The van der Waals surface area contributed by atoms with Crippen molar-refractivity contribution >= 4 is 17.7 Å². The molecule has 1 unspecified atom stereocenters. The molecule has 0 fully saturated rings. The molecule has 124 valence electrons. The molecule has 1 aromatic heterocycles. The number of aryl methyl sites for hydroxylation is 1. The Balaban J connectivity index is 1.80. The summed E-state index contributed by atoms with van der Waals surface area (Å²) in [6.07, 6.45) is 6.66. The summed E-state index contributed by atoms with van der Waals surface area (Å²) in [5.74, 6) is 0.538. The number of nitrogens with zero attached hydrogens (tertiary/aromatic N) is 2. The Morgan fingerprint density at radius 3 is 2.83 bits per heavy atom. The number of para-hydroxylation sites is 1. The van der Waals surface area contributed by atoms with Crippen LogP contribution in [0.4, 0.5) is 0 Å². The van der Waals surface area contributed by atoms with Crippen LogP contribution in [0.5, 0.6) is 0 Å². The molecule has 0 bridgehead atoms. The number of aromatic nitrogens is 2. The maximum absolute atomic E-state index is 11.9. The van der Waals surface area contributed by atoms with Crippen molar-refractivity contribution in [1.29, 1.82) is 0 Å². The topological polar surface area (TPSA) is 67.2 Å². The summed E-state index contributed by atoms with van der Waals surface area (Å²) in [6, 6.07) is 9.86. The van der Waals surface area contributed by atoms with Gasteiger partial charge in [-0.3, -0.25) is 4.79 Å². The monoisotopic (exact) mass is 333 g/mol. The molecule has 0 saturated heterocycles. The Hall–Kier alpha value is -1.79. The first kappa shape index (κ1) is 17.6. The first-order chi connectivity index (χ1) is 11.0. The number of hydrogen-bond acceptors (Lipinski definition) is 4. The predicted molar refractivity (Wildman–Crippen MR) is 93.9 cm³/mol. The second kappa shape index (κ2) is 8.17. The lowest BCUT2D eigenvalue weighted by molar-refractivity contribution is -0.122. The highest BCUT2D eigenvalue weighted by Gasteiger charge is 2.20. The number of thioether (sulfide) groups is 1. The number of benzene rings is 1. The second-order valence-electron chi connectivity index (χ2n) is 5.84. The molecule has 0 aliphatic rings. The van der Waals surface area contributed by atoms with E-state index in [0.29, 0.717) is 18.6 Å². The van der Waals surface area contributed by atoms with Gasteiger partial charge in [0.25, 0.3) is 0 Å². The van der Waals surface area contributed by atoms with E-state index in [1.807, 2.05) is 42.8 Å². The molecule has 6 heteroatoms. The smallest absolute Gasteiger partial charge is 0.220 e. The van der Waals surface area contributed by atoms with E-state index >= 15 is 0 Å². The number of rotatable bonds is 8. The van der Waals surface area contributed by atoms with E-state index in [1.54, 1.807) is 29.6 Å². The lowest BCUT2D eigenvalue weighted by atomic mass is 10.1. The van der Waals surface area contributed by atoms with Crippen LogP contribution >= 0.6 is 11.8 Å². The molecule has 0 aliphatic carbocycles. The van der Waals surface area contributed by atoms with Crippen LogP contribution in [0.3, 0.4) is 0 Å². The van der Waals surface area contributed by atoms with Crippen LogP contribution in [-0.4, -0.2) is 44.9 Å². The Morgan fingerprint density at radius 2 is 2.13 bits per heavy atom. The van der Waals surface area contributed by atoms with Crippen molar-refractivity contribution in [1.82, 2.24) is 15.1 Å². The molecular weight excluding hydrogens is 310 g/mol. The fourth-order valence-electron chi connectivity index (χ4n) is 2.21. The van der Waals surface area contributed by atoms with Crippen LogP contribution in [-0.2, 0) is 11.2 Å². The summed E-state index contributed by atoms with van der Waals surface area (Å²) >= 11 is 1.56. The molecule has 0 saturated carbocycles. The third kappa shape index (κ3) is 5.73. The zero-order valence-electron chi connectivity index (χ0n) is 13.5. The molecule has 0 aliphatic heterocycles. The molecule has 1 heterocycles. The molecule has 1 aromatic carbocycles. The number of hydrogen-bond donors (Lipinski definition) is 2. The maximum atomic E-state index is 11.9. The minimum Gasteiger partial charge on any atom is -0.387 e. The highest BCUT2D eigenvalue weighted by molar-refractivity contribution is 7.98. The van der Waals surface area contributed by atoms with Gasteiger partial charge in [-0.1, -0.05) is 18.2 Å². The van der Waals surface area contributed by atoms with Crippen molar-refractivity contribution in [2.75, 3.05) is 18.6 Å². The third-order valence-corrected chi connectivity index (χ3v) is 4.33. The highest BCUT2D eigenvalue weighted by atomic mass is 32.2. The molecular formula is C17H23N3O2S. The normalized spacial score (nSPS) is 13.5. The van der Waals surface area contributed by atoms with E-state index in [1.165, 1.54) is 0 Å². The van der Waals surface area contributed by atoms with Crippen molar-refractivity contribution < 1.29 is 9.90 Å². The maximum Gasteiger partial charge on any atom is 0.220 e. The molecule has 23 heavy (non-hydrogen) atoms. The van der Waals surface area contributed by atoms with Crippen molar-refractivity contribution in [3.63, 3.8) is 0 Å². The Labute approximate surface area is 141 Å². The van der Waals surface area contributed by atoms with Crippen molar-refractivity contribution in [3.05, 3.63) is 48.3 Å². The van der Waals surface area contributed by atoms with Gasteiger partial charge >= 0.3 is 0 Å². The van der Waals surface area contributed by atoms with Crippen LogP contribution in [0.15, 0.2) is 42.7 Å². The number of carbonyl (C=O) groups excluding carboxylic acids is 1.